The molecule has 3 rings (SSSR count). The number of nitrogens with one attached hydrogen (secondary N) is 2. The minimum absolute atomic E-state index is 0.0704. The zero-order valence-electron chi connectivity index (χ0n) is 16.4. The van der Waals surface area contributed by atoms with Gasteiger partial charge in [0.05, 0.1) is 16.8 Å². The summed E-state index contributed by atoms with van der Waals surface area (Å²) in [6.07, 6.45) is 0. The fourth-order valence-electron chi connectivity index (χ4n) is 2.81. The van der Waals surface area contributed by atoms with Crippen LogP contribution in [-0.4, -0.2) is 24.3 Å². The first-order valence-corrected chi connectivity index (χ1v) is 9.75. The molecule has 0 aliphatic carbocycles. The number of nitrogens with two attached hydrogens (primary N) is 1. The van der Waals surface area contributed by atoms with Gasteiger partial charge in [-0.05, 0) is 35.9 Å². The quantitative estimate of drug-likeness (QED) is 0.501. The number of benzene rings is 3. The van der Waals surface area contributed by atoms with E-state index in [0.717, 1.165) is 5.56 Å². The Labute approximate surface area is 184 Å². The second-order valence-electron chi connectivity index (χ2n) is 6.56. The SMILES string of the molecule is NC(=O)c1cc(Cl)ccc1OCC(=O)Nc1ccccc1C(=O)NCc1ccccc1. The first kappa shape index (κ1) is 21.9. The van der Waals surface area contributed by atoms with Crippen LogP contribution in [0.1, 0.15) is 26.3 Å². The van der Waals surface area contributed by atoms with Crippen molar-refractivity contribution in [3.63, 3.8) is 0 Å². The number of hydrogen-bond donors (Lipinski definition) is 3. The molecule has 0 spiro atoms. The second-order valence-corrected chi connectivity index (χ2v) is 6.99. The zero-order valence-corrected chi connectivity index (χ0v) is 17.2. The molecule has 0 heterocycles. The van der Waals surface area contributed by atoms with Crippen LogP contribution in [0, 0.1) is 0 Å². The average molecular weight is 438 g/mol. The molecule has 3 aromatic rings. The minimum Gasteiger partial charge on any atom is -0.483 e. The fraction of sp³-hybridized carbons (Fsp3) is 0.0870. The molecule has 0 unspecified atom stereocenters. The summed E-state index contributed by atoms with van der Waals surface area (Å²) < 4.78 is 5.42. The van der Waals surface area contributed by atoms with Gasteiger partial charge in [-0.25, -0.2) is 0 Å². The normalized spacial score (nSPS) is 10.2. The average Bonchev–Trinajstić information content (AvgIpc) is 2.77. The molecule has 4 N–H and O–H groups in total. The molecule has 0 bridgehead atoms. The molecule has 0 fully saturated rings. The van der Waals surface area contributed by atoms with Crippen LogP contribution in [0.4, 0.5) is 5.69 Å². The summed E-state index contributed by atoms with van der Waals surface area (Å²) in [6.45, 7) is -0.0284. The van der Waals surface area contributed by atoms with Crippen LogP contribution in [0.3, 0.4) is 0 Å². The maximum Gasteiger partial charge on any atom is 0.262 e. The molecule has 0 aliphatic rings. The Kier molecular flexibility index (Phi) is 7.24. The Morgan fingerprint density at radius 1 is 0.903 bits per heavy atom. The van der Waals surface area contributed by atoms with E-state index in [1.54, 1.807) is 24.3 Å². The van der Waals surface area contributed by atoms with Crippen LogP contribution in [0.25, 0.3) is 0 Å². The number of carbonyl (C=O) groups is 3. The molecule has 0 radical (unpaired) electrons. The van der Waals surface area contributed by atoms with E-state index in [0.29, 0.717) is 22.8 Å². The lowest BCUT2D eigenvalue weighted by atomic mass is 10.1. The van der Waals surface area contributed by atoms with Gasteiger partial charge in [-0.15, -0.1) is 0 Å². The van der Waals surface area contributed by atoms with Gasteiger partial charge in [-0.3, -0.25) is 14.4 Å². The Morgan fingerprint density at radius 3 is 2.35 bits per heavy atom. The first-order chi connectivity index (χ1) is 14.9. The minimum atomic E-state index is -0.724. The van der Waals surface area contributed by atoms with Crippen LogP contribution < -0.4 is 21.1 Å². The van der Waals surface area contributed by atoms with Gasteiger partial charge < -0.3 is 21.1 Å². The highest BCUT2D eigenvalue weighted by Gasteiger charge is 2.15. The molecule has 158 valence electrons. The van der Waals surface area contributed by atoms with E-state index in [4.69, 9.17) is 22.1 Å². The van der Waals surface area contributed by atoms with E-state index >= 15 is 0 Å². The van der Waals surface area contributed by atoms with E-state index in [2.05, 4.69) is 10.6 Å². The van der Waals surface area contributed by atoms with Crippen LogP contribution >= 0.6 is 11.6 Å². The third kappa shape index (κ3) is 6.07. The monoisotopic (exact) mass is 437 g/mol. The third-order valence-electron chi connectivity index (χ3n) is 4.31. The van der Waals surface area contributed by atoms with Gasteiger partial charge >= 0.3 is 0 Å². The standard InChI is InChI=1S/C23H20ClN3O4/c24-16-10-11-20(18(12-16)22(25)29)31-14-21(28)27-19-9-5-4-8-17(19)23(30)26-13-15-6-2-1-3-7-15/h1-12H,13-14H2,(H2,25,29)(H,26,30)(H,27,28). The van der Waals surface area contributed by atoms with Crippen LogP contribution in [0.15, 0.2) is 72.8 Å². The number of hydrogen-bond acceptors (Lipinski definition) is 4. The van der Waals surface area contributed by atoms with E-state index in [9.17, 15) is 14.4 Å². The van der Waals surface area contributed by atoms with Crippen molar-refractivity contribution < 1.29 is 19.1 Å². The predicted molar refractivity (Wildman–Crippen MR) is 118 cm³/mol. The summed E-state index contributed by atoms with van der Waals surface area (Å²) in [6, 6.07) is 20.5. The molecule has 0 aliphatic heterocycles. The maximum atomic E-state index is 12.6. The number of carbonyl (C=O) groups excluding carboxylic acids is 3. The summed E-state index contributed by atoms with van der Waals surface area (Å²) in [5, 5.41) is 5.80. The van der Waals surface area contributed by atoms with Crippen molar-refractivity contribution in [2.45, 2.75) is 6.54 Å². The molecule has 31 heavy (non-hydrogen) atoms. The molecule has 7 nitrogen and oxygen atoms in total. The van der Waals surface area contributed by atoms with Gasteiger partial charge in [-0.1, -0.05) is 54.1 Å². The largest absolute Gasteiger partial charge is 0.483 e. The highest BCUT2D eigenvalue weighted by atomic mass is 35.5. The molecule has 3 aromatic carbocycles. The van der Waals surface area contributed by atoms with Crippen molar-refractivity contribution in [1.29, 1.82) is 0 Å². The smallest absolute Gasteiger partial charge is 0.262 e. The molecule has 0 saturated carbocycles. The molecule has 0 saturated heterocycles. The number of anilines is 1. The number of halogens is 1. The third-order valence-corrected chi connectivity index (χ3v) is 4.54. The second kappa shape index (κ2) is 10.3. The van der Waals surface area contributed by atoms with Gasteiger partial charge in [0.2, 0.25) is 0 Å². The highest BCUT2D eigenvalue weighted by molar-refractivity contribution is 6.31. The Hall–Kier alpha value is -3.84. The molecule has 0 aromatic heterocycles. The van der Waals surface area contributed by atoms with E-state index in [1.807, 2.05) is 30.3 Å². The maximum absolute atomic E-state index is 12.6. The topological polar surface area (TPSA) is 111 Å². The van der Waals surface area contributed by atoms with Gasteiger partial charge in [0.25, 0.3) is 17.7 Å². The van der Waals surface area contributed by atoms with E-state index in [1.165, 1.54) is 18.2 Å². The summed E-state index contributed by atoms with van der Waals surface area (Å²) in [5.41, 5.74) is 7.00. The Balaban J connectivity index is 1.63. The molecule has 8 heteroatoms. The summed E-state index contributed by atoms with van der Waals surface area (Å²) in [4.78, 5) is 36.5. The van der Waals surface area contributed by atoms with E-state index < -0.39 is 11.8 Å². The summed E-state index contributed by atoms with van der Waals surface area (Å²) in [7, 11) is 0. The Morgan fingerprint density at radius 2 is 1.61 bits per heavy atom. The highest BCUT2D eigenvalue weighted by Crippen LogP contribution is 2.22. The van der Waals surface area contributed by atoms with Gasteiger partial charge in [0.1, 0.15) is 5.75 Å². The van der Waals surface area contributed by atoms with Crippen LogP contribution in [-0.2, 0) is 11.3 Å². The molecular formula is C23H20ClN3O4. The van der Waals surface area contributed by atoms with Crippen molar-refractivity contribution in [2.75, 3.05) is 11.9 Å². The van der Waals surface area contributed by atoms with Crippen molar-refractivity contribution in [2.24, 2.45) is 5.73 Å². The van der Waals surface area contributed by atoms with Gasteiger partial charge in [0.15, 0.2) is 6.61 Å². The predicted octanol–water partition coefficient (Wildman–Crippen LogP) is 3.39. The number of primary amides is 1. The summed E-state index contributed by atoms with van der Waals surface area (Å²) >= 11 is 5.86. The number of rotatable bonds is 8. The van der Waals surface area contributed by atoms with Crippen molar-refractivity contribution in [1.82, 2.24) is 5.32 Å². The van der Waals surface area contributed by atoms with Crippen LogP contribution in [0.5, 0.6) is 5.75 Å². The first-order valence-electron chi connectivity index (χ1n) is 9.37. The van der Waals surface area contributed by atoms with E-state index in [-0.39, 0.29) is 23.8 Å². The fourth-order valence-corrected chi connectivity index (χ4v) is 2.99. The van der Waals surface area contributed by atoms with Crippen molar-refractivity contribution in [3.05, 3.63) is 94.5 Å². The van der Waals surface area contributed by atoms with Crippen molar-refractivity contribution in [3.8, 4) is 5.75 Å². The van der Waals surface area contributed by atoms with Crippen LogP contribution in [0.2, 0.25) is 5.02 Å². The lowest BCUT2D eigenvalue weighted by molar-refractivity contribution is -0.118. The Bertz CT molecular complexity index is 1100. The van der Waals surface area contributed by atoms with Gasteiger partial charge in [-0.2, -0.15) is 0 Å². The number of ether oxygens (including phenoxy) is 1. The number of para-hydroxylation sites is 1. The lowest BCUT2D eigenvalue weighted by Gasteiger charge is -2.13. The summed E-state index contributed by atoms with van der Waals surface area (Å²) in [5.74, 6) is -1.41. The van der Waals surface area contributed by atoms with Gasteiger partial charge in [0, 0.05) is 11.6 Å². The van der Waals surface area contributed by atoms with Crippen molar-refractivity contribution >= 4 is 35.0 Å². The molecule has 0 atom stereocenters. The number of amides is 3. The zero-order chi connectivity index (χ0) is 22.2. The lowest BCUT2D eigenvalue weighted by Crippen LogP contribution is -2.26. The molecular weight excluding hydrogens is 418 g/mol. The molecule has 3 amide bonds.